The van der Waals surface area contributed by atoms with E-state index in [2.05, 4.69) is 32.3 Å². The van der Waals surface area contributed by atoms with Gasteiger partial charge < -0.3 is 15.0 Å². The fourth-order valence-corrected chi connectivity index (χ4v) is 2.32. The monoisotopic (exact) mass is 312 g/mol. The maximum Gasteiger partial charge on any atom is 0.218 e. The summed E-state index contributed by atoms with van der Waals surface area (Å²) in [4.78, 5) is 10.7. The first-order chi connectivity index (χ1) is 11.2. The minimum Gasteiger partial charge on any atom is -0.478 e. The van der Waals surface area contributed by atoms with Crippen molar-refractivity contribution in [3.05, 3.63) is 59.8 Å². The molecule has 0 spiro atoms. The van der Waals surface area contributed by atoms with Crippen molar-refractivity contribution in [1.29, 1.82) is 0 Å². The average Bonchev–Trinajstić information content (AvgIpc) is 2.58. The van der Waals surface area contributed by atoms with Crippen molar-refractivity contribution in [3.63, 3.8) is 0 Å². The molecule has 5 nitrogen and oxygen atoms in total. The molecule has 2 rings (SSSR count). The third-order valence-electron chi connectivity index (χ3n) is 3.40. The van der Waals surface area contributed by atoms with Crippen molar-refractivity contribution >= 4 is 5.96 Å². The lowest BCUT2D eigenvalue weighted by atomic mass is 10.2. The van der Waals surface area contributed by atoms with Gasteiger partial charge in [0, 0.05) is 38.9 Å². The molecule has 0 bridgehead atoms. The van der Waals surface area contributed by atoms with Gasteiger partial charge in [0.2, 0.25) is 5.88 Å². The molecule has 2 aromatic rings. The Labute approximate surface area is 138 Å². The first-order valence-electron chi connectivity index (χ1n) is 7.77. The maximum atomic E-state index is 5.55. The molecule has 1 N–H and O–H groups in total. The first-order valence-corrected chi connectivity index (χ1v) is 7.77. The van der Waals surface area contributed by atoms with Crippen LogP contribution in [-0.4, -0.2) is 36.5 Å². The third-order valence-corrected chi connectivity index (χ3v) is 3.40. The van der Waals surface area contributed by atoms with Crippen LogP contribution in [0.5, 0.6) is 5.88 Å². The summed E-state index contributed by atoms with van der Waals surface area (Å²) in [7, 11) is 3.81. The van der Waals surface area contributed by atoms with Crippen LogP contribution in [0.15, 0.2) is 53.7 Å². The lowest BCUT2D eigenvalue weighted by Crippen LogP contribution is -2.38. The van der Waals surface area contributed by atoms with E-state index in [0.29, 0.717) is 19.0 Å². The van der Waals surface area contributed by atoms with Gasteiger partial charge in [-0.3, -0.25) is 4.99 Å². The smallest absolute Gasteiger partial charge is 0.218 e. The normalized spacial score (nSPS) is 11.2. The molecule has 1 aromatic carbocycles. The number of guanidine groups is 1. The number of nitrogens with one attached hydrogen (secondary N) is 1. The molecule has 1 heterocycles. The predicted molar refractivity (Wildman–Crippen MR) is 93.5 cm³/mol. The molecule has 0 atom stereocenters. The van der Waals surface area contributed by atoms with E-state index >= 15 is 0 Å². The fourth-order valence-electron chi connectivity index (χ4n) is 2.32. The minimum absolute atomic E-state index is 0.604. The SMILES string of the molecule is CCOc1ncccc1CNC(=NC)N(C)Cc1ccccc1. The Morgan fingerprint density at radius 1 is 1.22 bits per heavy atom. The summed E-state index contributed by atoms with van der Waals surface area (Å²) in [5.74, 6) is 1.50. The Hall–Kier alpha value is -2.56. The second kappa shape index (κ2) is 8.78. The second-order valence-corrected chi connectivity index (χ2v) is 5.14. The lowest BCUT2D eigenvalue weighted by molar-refractivity contribution is 0.322. The highest BCUT2D eigenvalue weighted by Gasteiger charge is 2.09. The average molecular weight is 312 g/mol. The molecule has 0 unspecified atom stereocenters. The first kappa shape index (κ1) is 16.8. The standard InChI is InChI=1S/C18H24N4O/c1-4-23-17-16(11-8-12-20-17)13-21-18(19-2)22(3)14-15-9-6-5-7-10-15/h5-12H,4,13-14H2,1-3H3,(H,19,21). The maximum absolute atomic E-state index is 5.55. The van der Waals surface area contributed by atoms with Crippen LogP contribution in [0.3, 0.4) is 0 Å². The highest BCUT2D eigenvalue weighted by Crippen LogP contribution is 2.14. The van der Waals surface area contributed by atoms with Crippen molar-refractivity contribution in [2.45, 2.75) is 20.0 Å². The molecule has 0 saturated carbocycles. The van der Waals surface area contributed by atoms with Crippen molar-refractivity contribution in [3.8, 4) is 5.88 Å². The van der Waals surface area contributed by atoms with Crippen LogP contribution in [-0.2, 0) is 13.1 Å². The Morgan fingerprint density at radius 2 is 2.00 bits per heavy atom. The van der Waals surface area contributed by atoms with E-state index in [4.69, 9.17) is 4.74 Å². The van der Waals surface area contributed by atoms with E-state index < -0.39 is 0 Å². The molecule has 0 aliphatic carbocycles. The molecule has 0 amide bonds. The summed E-state index contributed by atoms with van der Waals surface area (Å²) in [6.45, 7) is 3.98. The summed E-state index contributed by atoms with van der Waals surface area (Å²) in [5.41, 5.74) is 2.26. The fraction of sp³-hybridized carbons (Fsp3) is 0.333. The van der Waals surface area contributed by atoms with Crippen LogP contribution < -0.4 is 10.1 Å². The molecule has 0 saturated heterocycles. The number of hydrogen-bond acceptors (Lipinski definition) is 3. The Kier molecular flexibility index (Phi) is 6.41. The minimum atomic E-state index is 0.604. The Morgan fingerprint density at radius 3 is 2.70 bits per heavy atom. The largest absolute Gasteiger partial charge is 0.478 e. The number of ether oxygens (including phenoxy) is 1. The van der Waals surface area contributed by atoms with E-state index in [1.165, 1.54) is 5.56 Å². The molecule has 0 aliphatic rings. The zero-order valence-electron chi connectivity index (χ0n) is 14.0. The third kappa shape index (κ3) is 4.98. The Balaban J connectivity index is 1.97. The van der Waals surface area contributed by atoms with Gasteiger partial charge in [0.25, 0.3) is 0 Å². The van der Waals surface area contributed by atoms with Gasteiger partial charge in [-0.2, -0.15) is 0 Å². The molecular formula is C18H24N4O. The summed E-state index contributed by atoms with van der Waals surface area (Å²) < 4.78 is 5.55. The van der Waals surface area contributed by atoms with Gasteiger partial charge in [-0.05, 0) is 18.6 Å². The molecule has 5 heteroatoms. The van der Waals surface area contributed by atoms with Crippen molar-refractivity contribution in [1.82, 2.24) is 15.2 Å². The summed E-state index contributed by atoms with van der Waals surface area (Å²) in [5, 5.41) is 3.36. The van der Waals surface area contributed by atoms with E-state index in [9.17, 15) is 0 Å². The number of rotatable bonds is 6. The summed E-state index contributed by atoms with van der Waals surface area (Å²) in [6, 6.07) is 14.3. The Bertz CT molecular complexity index is 628. The van der Waals surface area contributed by atoms with Crippen LogP contribution in [0, 0.1) is 0 Å². The lowest BCUT2D eigenvalue weighted by Gasteiger charge is -2.22. The van der Waals surface area contributed by atoms with Crippen LogP contribution in [0.4, 0.5) is 0 Å². The van der Waals surface area contributed by atoms with Gasteiger partial charge in [0.15, 0.2) is 5.96 Å². The quantitative estimate of drug-likeness (QED) is 0.658. The highest BCUT2D eigenvalue weighted by molar-refractivity contribution is 5.79. The van der Waals surface area contributed by atoms with Gasteiger partial charge in [-0.1, -0.05) is 36.4 Å². The van der Waals surface area contributed by atoms with Gasteiger partial charge in [0.05, 0.1) is 6.61 Å². The molecule has 0 fully saturated rings. The number of aliphatic imine (C=N–C) groups is 1. The molecule has 0 radical (unpaired) electrons. The zero-order valence-corrected chi connectivity index (χ0v) is 14.0. The van der Waals surface area contributed by atoms with Crippen LogP contribution in [0.25, 0.3) is 0 Å². The predicted octanol–water partition coefficient (Wildman–Crippen LogP) is 2.69. The van der Waals surface area contributed by atoms with Gasteiger partial charge >= 0.3 is 0 Å². The number of hydrogen-bond donors (Lipinski definition) is 1. The van der Waals surface area contributed by atoms with Crippen molar-refractivity contribution in [2.75, 3.05) is 20.7 Å². The molecule has 122 valence electrons. The van der Waals surface area contributed by atoms with Gasteiger partial charge in [-0.15, -0.1) is 0 Å². The molecule has 0 aliphatic heterocycles. The van der Waals surface area contributed by atoms with Crippen LogP contribution >= 0.6 is 0 Å². The van der Waals surface area contributed by atoms with Crippen LogP contribution in [0.1, 0.15) is 18.1 Å². The van der Waals surface area contributed by atoms with Gasteiger partial charge in [-0.25, -0.2) is 4.98 Å². The summed E-state index contributed by atoms with van der Waals surface area (Å²) in [6.07, 6.45) is 1.74. The number of nitrogens with zero attached hydrogens (tertiary/aromatic N) is 3. The van der Waals surface area contributed by atoms with Crippen LogP contribution in [0.2, 0.25) is 0 Å². The number of benzene rings is 1. The van der Waals surface area contributed by atoms with Gasteiger partial charge in [0.1, 0.15) is 0 Å². The second-order valence-electron chi connectivity index (χ2n) is 5.14. The van der Waals surface area contributed by atoms with E-state index in [-0.39, 0.29) is 0 Å². The summed E-state index contributed by atoms with van der Waals surface area (Å²) >= 11 is 0. The highest BCUT2D eigenvalue weighted by atomic mass is 16.5. The zero-order chi connectivity index (χ0) is 16.5. The molecule has 23 heavy (non-hydrogen) atoms. The van der Waals surface area contributed by atoms with Crippen molar-refractivity contribution < 1.29 is 4.74 Å². The van der Waals surface area contributed by atoms with E-state index in [1.807, 2.05) is 44.3 Å². The van der Waals surface area contributed by atoms with Crippen molar-refractivity contribution in [2.24, 2.45) is 4.99 Å². The topological polar surface area (TPSA) is 49.8 Å². The van der Waals surface area contributed by atoms with E-state index in [1.54, 1.807) is 13.2 Å². The number of pyridine rings is 1. The molecular weight excluding hydrogens is 288 g/mol. The van der Waals surface area contributed by atoms with E-state index in [0.717, 1.165) is 18.1 Å². The number of aromatic nitrogens is 1. The molecule has 1 aromatic heterocycles.